The molecule has 9 nitrogen and oxygen atoms in total. The molecule has 2 atom stereocenters. The number of aliphatic hydroxyl groups excluding tert-OH is 1. The number of rotatable bonds is 10. The molecule has 0 aliphatic carbocycles. The molecule has 0 saturated carbocycles. The molecule has 0 bridgehead atoms. The van der Waals surface area contributed by atoms with Gasteiger partial charge in [0.05, 0.1) is 28.0 Å². The minimum absolute atomic E-state index is 0.172. The number of nitrogens with zero attached hydrogens (tertiary/aromatic N) is 2. The number of anilines is 3. The number of benzene rings is 1. The van der Waals surface area contributed by atoms with Crippen molar-refractivity contribution in [1.82, 2.24) is 14.7 Å². The van der Waals surface area contributed by atoms with E-state index in [9.17, 15) is 14.1 Å². The van der Waals surface area contributed by atoms with Crippen LogP contribution in [0.4, 0.5) is 22.2 Å². The number of carbonyl (C=O) groups is 1. The third-order valence-electron chi connectivity index (χ3n) is 4.44. The van der Waals surface area contributed by atoms with Gasteiger partial charge in [0.15, 0.2) is 0 Å². The first kappa shape index (κ1) is 24.5. The first-order chi connectivity index (χ1) is 15.8. The molecule has 3 aromatic rings. The van der Waals surface area contributed by atoms with Crippen molar-refractivity contribution < 1.29 is 18.8 Å². The molecule has 0 saturated heterocycles. The lowest BCUT2D eigenvalue weighted by molar-refractivity contribution is 0.159. The fourth-order valence-electron chi connectivity index (χ4n) is 2.83. The monoisotopic (exact) mass is 489 g/mol. The Kier molecular flexibility index (Phi) is 8.26. The number of nitrogens with one attached hydrogen (secondary N) is 3. The highest BCUT2D eigenvalue weighted by molar-refractivity contribution is 7.99. The second-order valence-electron chi connectivity index (χ2n) is 7.14. The highest BCUT2D eigenvalue weighted by Gasteiger charge is 2.14. The number of ether oxygens (including phenoxy) is 1. The smallest absolute Gasteiger partial charge is 0.418 e. The summed E-state index contributed by atoms with van der Waals surface area (Å²) in [7, 11) is -3.04. The van der Waals surface area contributed by atoms with Gasteiger partial charge in [-0.3, -0.25) is 0 Å². The molecule has 1 aromatic carbocycles. The molecule has 2 aromatic heterocycles. The molecule has 2 unspecified atom stereocenters. The topological polar surface area (TPSA) is 125 Å². The van der Waals surface area contributed by atoms with Gasteiger partial charge in [0.2, 0.25) is 5.95 Å². The van der Waals surface area contributed by atoms with E-state index < -0.39 is 21.9 Å². The molecule has 2 heterocycles. The molecule has 11 heteroatoms. The van der Waals surface area contributed by atoms with E-state index in [1.165, 1.54) is 0 Å². The van der Waals surface area contributed by atoms with Crippen LogP contribution in [0.25, 0.3) is 10.4 Å². The second kappa shape index (κ2) is 11.1. The maximum atomic E-state index is 12.7. The molecule has 1 amide bonds. The first-order valence-electron chi connectivity index (χ1n) is 10.3. The zero-order valence-electron chi connectivity index (χ0n) is 18.4. The van der Waals surface area contributed by atoms with Crippen molar-refractivity contribution in [2.75, 3.05) is 23.8 Å². The number of carbonyl (C=O) groups excluding carboxylic acids is 1. The number of hydrogen-bond donors (Lipinski definition) is 4. The van der Waals surface area contributed by atoms with Gasteiger partial charge in [0.25, 0.3) is 0 Å². The van der Waals surface area contributed by atoms with Crippen molar-refractivity contribution in [2.24, 2.45) is 0 Å². The molecule has 33 heavy (non-hydrogen) atoms. The van der Waals surface area contributed by atoms with Gasteiger partial charge < -0.3 is 20.5 Å². The van der Waals surface area contributed by atoms with Gasteiger partial charge in [-0.1, -0.05) is 6.07 Å². The van der Waals surface area contributed by atoms with Crippen LogP contribution in [-0.4, -0.2) is 50.5 Å². The van der Waals surface area contributed by atoms with Gasteiger partial charge in [-0.25, -0.2) is 18.7 Å². The predicted molar refractivity (Wildman–Crippen MR) is 134 cm³/mol. The van der Waals surface area contributed by atoms with E-state index in [-0.39, 0.29) is 6.61 Å². The van der Waals surface area contributed by atoms with Gasteiger partial charge in [0, 0.05) is 28.2 Å². The number of amides is 1. The van der Waals surface area contributed by atoms with Gasteiger partial charge in [0.1, 0.15) is 5.82 Å². The molecular weight excluding hydrogens is 462 g/mol. The van der Waals surface area contributed by atoms with E-state index in [0.717, 1.165) is 10.4 Å². The largest absolute Gasteiger partial charge is 0.449 e. The lowest BCUT2D eigenvalue weighted by Crippen LogP contribution is -2.30. The summed E-state index contributed by atoms with van der Waals surface area (Å²) < 4.78 is 19.7. The summed E-state index contributed by atoms with van der Waals surface area (Å²) in [5.41, 5.74) is 1.54. The average Bonchev–Trinajstić information content (AvgIpc) is 3.28. The average molecular weight is 490 g/mol. The lowest BCUT2D eigenvalue weighted by Gasteiger charge is -2.14. The van der Waals surface area contributed by atoms with E-state index in [1.54, 1.807) is 55.6 Å². The van der Waals surface area contributed by atoms with Crippen LogP contribution >= 0.6 is 11.3 Å². The molecular formula is C22H27N5O4S2. The molecule has 176 valence electrons. The maximum absolute atomic E-state index is 12.7. The fraction of sp³-hybridized carbons (Fsp3) is 0.273. The first-order valence-corrected chi connectivity index (χ1v) is 12.9. The van der Waals surface area contributed by atoms with Crippen LogP contribution in [0.3, 0.4) is 0 Å². The van der Waals surface area contributed by atoms with Crippen LogP contribution in [0, 0.1) is 0 Å². The standard InChI is InChI=1S/C22H27N5O4S2/c1-4-31-22(29)27-33(3,30)17-9-7-16(8-10-17)25-21-24-14-18(19-6-5-13-32-19)20(26-21)23-12-11-15(2)28/h5-10,13-15,28H,3-4,11-12H2,1-2H3,(H,27,29,30)(H2,23,24,25,26). The Bertz CT molecular complexity index is 1160. The summed E-state index contributed by atoms with van der Waals surface area (Å²) in [4.78, 5) is 22.0. The summed E-state index contributed by atoms with van der Waals surface area (Å²) in [6.07, 6.45) is 1.13. The Morgan fingerprint density at radius 3 is 2.70 bits per heavy atom. The van der Waals surface area contributed by atoms with E-state index in [2.05, 4.69) is 31.2 Å². The Hall–Kier alpha value is -3.15. The quantitative estimate of drug-likeness (QED) is 0.316. The molecule has 3 rings (SSSR count). The number of thiophene rings is 1. The minimum atomic E-state index is -3.04. The van der Waals surface area contributed by atoms with Crippen LogP contribution in [0.2, 0.25) is 0 Å². The summed E-state index contributed by atoms with van der Waals surface area (Å²) in [6, 6.07) is 10.6. The van der Waals surface area contributed by atoms with Crippen LogP contribution in [0.5, 0.6) is 0 Å². The van der Waals surface area contributed by atoms with Gasteiger partial charge in [-0.15, -0.1) is 11.3 Å². The number of aliphatic hydroxyl groups is 1. The third kappa shape index (κ3) is 6.91. The highest BCUT2D eigenvalue weighted by atomic mass is 32.2. The van der Waals surface area contributed by atoms with Crippen LogP contribution < -0.4 is 15.4 Å². The zero-order chi connectivity index (χ0) is 23.8. The van der Waals surface area contributed by atoms with E-state index >= 15 is 0 Å². The van der Waals surface area contributed by atoms with E-state index in [0.29, 0.717) is 35.3 Å². The normalized spacial score (nSPS) is 13.5. The maximum Gasteiger partial charge on any atom is 0.418 e. The van der Waals surface area contributed by atoms with Crippen molar-refractivity contribution in [3.63, 3.8) is 0 Å². The van der Waals surface area contributed by atoms with E-state index in [1.807, 2.05) is 17.5 Å². The lowest BCUT2D eigenvalue weighted by atomic mass is 10.2. The summed E-state index contributed by atoms with van der Waals surface area (Å²) in [6.45, 7) is 4.14. The Balaban J connectivity index is 1.76. The van der Waals surface area contributed by atoms with Gasteiger partial charge >= 0.3 is 6.09 Å². The molecule has 0 aliphatic rings. The number of aromatic nitrogens is 2. The SMILES string of the molecule is C=S(=O)(NC(=O)OCC)c1ccc(Nc2ncc(-c3cccs3)c(NCCC(C)O)n2)cc1. The summed E-state index contributed by atoms with van der Waals surface area (Å²) >= 11 is 1.59. The second-order valence-corrected chi connectivity index (χ2v) is 10.1. The van der Waals surface area contributed by atoms with Crippen LogP contribution in [0.1, 0.15) is 20.3 Å². The fourth-order valence-corrected chi connectivity index (χ4v) is 4.59. The predicted octanol–water partition coefficient (Wildman–Crippen LogP) is 3.87. The molecule has 0 fully saturated rings. The molecule has 4 N–H and O–H groups in total. The Morgan fingerprint density at radius 2 is 2.06 bits per heavy atom. The molecule has 0 aliphatic heterocycles. The highest BCUT2D eigenvalue weighted by Crippen LogP contribution is 2.31. The van der Waals surface area contributed by atoms with E-state index in [4.69, 9.17) is 4.74 Å². The third-order valence-corrected chi connectivity index (χ3v) is 6.88. The molecule has 0 radical (unpaired) electrons. The summed E-state index contributed by atoms with van der Waals surface area (Å²) in [5.74, 6) is 4.64. The van der Waals surface area contributed by atoms with Crippen molar-refractivity contribution in [1.29, 1.82) is 0 Å². The molecule has 0 spiro atoms. The van der Waals surface area contributed by atoms with Crippen LogP contribution in [-0.2, 0) is 14.4 Å². The minimum Gasteiger partial charge on any atom is -0.449 e. The van der Waals surface area contributed by atoms with Crippen molar-refractivity contribution >= 4 is 50.5 Å². The van der Waals surface area contributed by atoms with Crippen molar-refractivity contribution in [2.45, 2.75) is 31.3 Å². The van der Waals surface area contributed by atoms with Gasteiger partial charge in [-0.05, 0) is 61.9 Å². The summed E-state index contributed by atoms with van der Waals surface area (Å²) in [5, 5.41) is 17.9. The number of hydrogen-bond acceptors (Lipinski definition) is 9. The van der Waals surface area contributed by atoms with Gasteiger partial charge in [-0.2, -0.15) is 4.98 Å². The van der Waals surface area contributed by atoms with Crippen molar-refractivity contribution in [3.8, 4) is 10.4 Å². The Labute approximate surface area is 197 Å². The Morgan fingerprint density at radius 1 is 1.30 bits per heavy atom. The van der Waals surface area contributed by atoms with Crippen LogP contribution in [0.15, 0.2) is 52.9 Å². The zero-order valence-corrected chi connectivity index (χ0v) is 20.0. The van der Waals surface area contributed by atoms with Crippen molar-refractivity contribution in [3.05, 3.63) is 48.0 Å².